The van der Waals surface area contributed by atoms with E-state index in [-0.39, 0.29) is 10.9 Å². The maximum absolute atomic E-state index is 12.6. The Kier molecular flexibility index (Phi) is 4.46. The van der Waals surface area contributed by atoms with Gasteiger partial charge in [-0.15, -0.1) is 0 Å². The van der Waals surface area contributed by atoms with Crippen LogP contribution in [0.1, 0.15) is 35.2 Å². The van der Waals surface area contributed by atoms with Gasteiger partial charge < -0.3 is 5.73 Å². The topological polar surface area (TPSA) is 101 Å². The molecule has 0 spiro atoms. The Bertz CT molecular complexity index is 724. The molecule has 0 aliphatic heterocycles. The highest BCUT2D eigenvalue weighted by Crippen LogP contribution is 2.22. The summed E-state index contributed by atoms with van der Waals surface area (Å²) in [4.78, 5) is 0.267. The van der Waals surface area contributed by atoms with Gasteiger partial charge in [-0.1, -0.05) is 6.07 Å². The van der Waals surface area contributed by atoms with E-state index in [2.05, 4.69) is 14.9 Å². The molecule has 6 nitrogen and oxygen atoms in total. The molecule has 1 aromatic carbocycles. The smallest absolute Gasteiger partial charge is 0.241 e. The van der Waals surface area contributed by atoms with Crippen LogP contribution in [0.4, 0.5) is 0 Å². The third kappa shape index (κ3) is 3.31. The number of hydrogen-bond donors (Lipinski definition) is 3. The number of benzene rings is 1. The zero-order valence-electron chi connectivity index (χ0n) is 12.3. The molecular formula is C14H20N4O2S. The number of rotatable bonds is 5. The first-order valence-electron chi connectivity index (χ1n) is 6.66. The molecule has 0 radical (unpaired) electrons. The number of nitrogens with two attached hydrogens (primary N) is 1. The summed E-state index contributed by atoms with van der Waals surface area (Å²) in [5, 5.41) is 6.50. The fourth-order valence-electron chi connectivity index (χ4n) is 2.25. The van der Waals surface area contributed by atoms with Crippen molar-refractivity contribution < 1.29 is 8.42 Å². The van der Waals surface area contributed by atoms with Crippen molar-refractivity contribution in [2.45, 2.75) is 38.3 Å². The molecule has 0 aliphatic carbocycles. The van der Waals surface area contributed by atoms with E-state index in [0.717, 1.165) is 16.7 Å². The zero-order chi connectivity index (χ0) is 15.6. The highest BCUT2D eigenvalue weighted by Gasteiger charge is 2.21. The molecule has 1 unspecified atom stereocenters. The average molecular weight is 308 g/mol. The van der Waals surface area contributed by atoms with Gasteiger partial charge in [-0.25, -0.2) is 13.1 Å². The van der Waals surface area contributed by atoms with Gasteiger partial charge in [0.2, 0.25) is 10.0 Å². The molecule has 1 atom stereocenters. The van der Waals surface area contributed by atoms with Crippen LogP contribution in [0.25, 0.3) is 0 Å². The maximum atomic E-state index is 12.6. The van der Waals surface area contributed by atoms with Gasteiger partial charge in [-0.2, -0.15) is 5.10 Å². The lowest BCUT2D eigenvalue weighted by Crippen LogP contribution is -2.27. The molecule has 0 saturated heterocycles. The molecule has 0 amide bonds. The van der Waals surface area contributed by atoms with Crippen molar-refractivity contribution in [2.75, 3.05) is 0 Å². The maximum Gasteiger partial charge on any atom is 0.241 e. The Morgan fingerprint density at radius 3 is 2.62 bits per heavy atom. The zero-order valence-corrected chi connectivity index (χ0v) is 13.2. The van der Waals surface area contributed by atoms with Gasteiger partial charge in [0.25, 0.3) is 0 Å². The number of aromatic nitrogens is 2. The fourth-order valence-corrected chi connectivity index (χ4v) is 3.75. The molecule has 21 heavy (non-hydrogen) atoms. The van der Waals surface area contributed by atoms with Crippen LogP contribution in [0.5, 0.6) is 0 Å². The normalized spacial score (nSPS) is 13.3. The van der Waals surface area contributed by atoms with Gasteiger partial charge in [0.15, 0.2) is 0 Å². The van der Waals surface area contributed by atoms with E-state index in [4.69, 9.17) is 5.73 Å². The van der Waals surface area contributed by atoms with Crippen molar-refractivity contribution in [3.05, 3.63) is 46.8 Å². The molecule has 2 aromatic rings. The van der Waals surface area contributed by atoms with E-state index in [1.807, 2.05) is 13.0 Å². The van der Waals surface area contributed by atoms with Crippen LogP contribution in [-0.2, 0) is 16.6 Å². The number of sulfonamides is 1. The summed E-state index contributed by atoms with van der Waals surface area (Å²) >= 11 is 0. The summed E-state index contributed by atoms with van der Waals surface area (Å²) in [5.41, 5.74) is 8.98. The van der Waals surface area contributed by atoms with Gasteiger partial charge >= 0.3 is 0 Å². The number of aromatic amines is 1. The second-order valence-corrected chi connectivity index (χ2v) is 6.81. The van der Waals surface area contributed by atoms with E-state index in [0.29, 0.717) is 12.1 Å². The standard InChI is InChI=1S/C14H20N4O2S/c1-9-4-10(2)14(5-12(9)6-15)21(19,20)18-11(3)13-7-16-17-8-13/h4-5,7-8,11,18H,6,15H2,1-3H3,(H,16,17). The van der Waals surface area contributed by atoms with Crippen LogP contribution in [-0.4, -0.2) is 18.6 Å². The van der Waals surface area contributed by atoms with Crippen LogP contribution in [0, 0.1) is 13.8 Å². The van der Waals surface area contributed by atoms with Gasteiger partial charge in [0.1, 0.15) is 0 Å². The Labute approximate surface area is 124 Å². The molecule has 114 valence electrons. The minimum Gasteiger partial charge on any atom is -0.326 e. The average Bonchev–Trinajstić information content (AvgIpc) is 2.91. The van der Waals surface area contributed by atoms with E-state index in [9.17, 15) is 8.42 Å². The Morgan fingerprint density at radius 1 is 1.33 bits per heavy atom. The Balaban J connectivity index is 2.36. The van der Waals surface area contributed by atoms with Crippen molar-refractivity contribution >= 4 is 10.0 Å². The summed E-state index contributed by atoms with van der Waals surface area (Å²) in [5.74, 6) is 0. The first-order chi connectivity index (χ1) is 9.85. The van der Waals surface area contributed by atoms with E-state index >= 15 is 0 Å². The van der Waals surface area contributed by atoms with Gasteiger partial charge in [0.05, 0.1) is 11.1 Å². The summed E-state index contributed by atoms with van der Waals surface area (Å²) in [6.07, 6.45) is 3.26. The number of hydrogen-bond acceptors (Lipinski definition) is 4. The van der Waals surface area contributed by atoms with Crippen LogP contribution in [0.2, 0.25) is 0 Å². The minimum absolute atomic E-state index is 0.267. The summed E-state index contributed by atoms with van der Waals surface area (Å²) in [7, 11) is -3.61. The SMILES string of the molecule is Cc1cc(C)c(S(=O)(=O)NC(C)c2cn[nH]c2)cc1CN. The molecule has 7 heteroatoms. The lowest BCUT2D eigenvalue weighted by Gasteiger charge is -2.16. The molecule has 2 rings (SSSR count). The van der Waals surface area contributed by atoms with Crippen molar-refractivity contribution in [2.24, 2.45) is 5.73 Å². The van der Waals surface area contributed by atoms with Crippen molar-refractivity contribution in [1.82, 2.24) is 14.9 Å². The summed E-state index contributed by atoms with van der Waals surface area (Å²) < 4.78 is 27.8. The van der Waals surface area contributed by atoms with Gasteiger partial charge in [-0.05, 0) is 43.5 Å². The first-order valence-corrected chi connectivity index (χ1v) is 8.14. The first kappa shape index (κ1) is 15.7. The van der Waals surface area contributed by atoms with Gasteiger partial charge in [-0.3, -0.25) is 5.10 Å². The molecule has 0 aliphatic rings. The molecule has 4 N–H and O–H groups in total. The summed E-state index contributed by atoms with van der Waals surface area (Å²) in [6, 6.07) is 3.13. The second kappa shape index (κ2) is 5.97. The minimum atomic E-state index is -3.61. The van der Waals surface area contributed by atoms with Crippen molar-refractivity contribution in [3.8, 4) is 0 Å². The molecule has 0 saturated carbocycles. The lowest BCUT2D eigenvalue weighted by atomic mass is 10.1. The Morgan fingerprint density at radius 2 is 2.05 bits per heavy atom. The van der Waals surface area contributed by atoms with Crippen LogP contribution < -0.4 is 10.5 Å². The number of nitrogens with one attached hydrogen (secondary N) is 2. The Hall–Kier alpha value is -1.70. The molecule has 1 aromatic heterocycles. The third-order valence-corrected chi connectivity index (χ3v) is 5.18. The van der Waals surface area contributed by atoms with Crippen LogP contribution in [0.15, 0.2) is 29.4 Å². The lowest BCUT2D eigenvalue weighted by molar-refractivity contribution is 0.566. The van der Waals surface area contributed by atoms with E-state index in [1.165, 1.54) is 0 Å². The molecule has 1 heterocycles. The highest BCUT2D eigenvalue weighted by atomic mass is 32.2. The predicted octanol–water partition coefficient (Wildman–Crippen LogP) is 1.52. The number of H-pyrrole nitrogens is 1. The van der Waals surface area contributed by atoms with Gasteiger partial charge in [0, 0.05) is 24.3 Å². The second-order valence-electron chi connectivity index (χ2n) is 5.12. The monoisotopic (exact) mass is 308 g/mol. The summed E-state index contributed by atoms with van der Waals surface area (Å²) in [6.45, 7) is 5.79. The molecular weight excluding hydrogens is 288 g/mol. The number of aryl methyl sites for hydroxylation is 2. The molecule has 0 bridgehead atoms. The number of nitrogens with zero attached hydrogens (tertiary/aromatic N) is 1. The fraction of sp³-hybridized carbons (Fsp3) is 0.357. The van der Waals surface area contributed by atoms with Crippen LogP contribution in [0.3, 0.4) is 0 Å². The predicted molar refractivity (Wildman–Crippen MR) is 81.1 cm³/mol. The van der Waals surface area contributed by atoms with Crippen LogP contribution >= 0.6 is 0 Å². The van der Waals surface area contributed by atoms with Crippen molar-refractivity contribution in [1.29, 1.82) is 0 Å². The van der Waals surface area contributed by atoms with Crippen molar-refractivity contribution in [3.63, 3.8) is 0 Å². The van der Waals surface area contributed by atoms with E-state index in [1.54, 1.807) is 32.3 Å². The highest BCUT2D eigenvalue weighted by molar-refractivity contribution is 7.89. The third-order valence-electron chi connectivity index (χ3n) is 3.49. The quantitative estimate of drug-likeness (QED) is 0.779. The molecule has 0 fully saturated rings. The largest absolute Gasteiger partial charge is 0.326 e. The van der Waals surface area contributed by atoms with E-state index < -0.39 is 10.0 Å².